The third-order valence-electron chi connectivity index (χ3n) is 5.34. The molecule has 1 aliphatic heterocycles. The van der Waals surface area contributed by atoms with Crippen molar-refractivity contribution in [3.05, 3.63) is 0 Å². The van der Waals surface area contributed by atoms with Gasteiger partial charge in [0.05, 0.1) is 12.6 Å². The molecule has 0 aromatic carbocycles. The molecule has 2 aliphatic rings. The number of aliphatic imine (C=N–C) groups is 1. The second kappa shape index (κ2) is 12.5. The topological polar surface area (TPSA) is 48.9 Å². The Morgan fingerprint density at radius 1 is 1.11 bits per heavy atom. The minimum atomic E-state index is -4.13. The molecule has 1 saturated carbocycles. The first-order valence-corrected chi connectivity index (χ1v) is 10.9. The summed E-state index contributed by atoms with van der Waals surface area (Å²) < 4.78 is 43.5. The highest BCUT2D eigenvalue weighted by Crippen LogP contribution is 2.21. The first kappa shape index (κ1) is 23.3. The summed E-state index contributed by atoms with van der Waals surface area (Å²) in [6.45, 7) is 4.24. The summed E-state index contributed by atoms with van der Waals surface area (Å²) in [5.41, 5.74) is 0. The fourth-order valence-electron chi connectivity index (χ4n) is 3.92. The third-order valence-corrected chi connectivity index (χ3v) is 5.34. The smallest absolute Gasteiger partial charge is 0.378 e. The lowest BCUT2D eigenvalue weighted by molar-refractivity contribution is -0.143. The van der Waals surface area contributed by atoms with E-state index >= 15 is 0 Å². The van der Waals surface area contributed by atoms with Crippen LogP contribution >= 0.6 is 0 Å². The van der Waals surface area contributed by atoms with E-state index in [2.05, 4.69) is 15.6 Å². The number of hydrogen-bond acceptors (Lipinski definition) is 3. The number of nitrogens with zero attached hydrogens (tertiary/aromatic N) is 2. The number of halogens is 3. The molecule has 5 nitrogen and oxygen atoms in total. The molecule has 1 unspecified atom stereocenters. The van der Waals surface area contributed by atoms with Gasteiger partial charge in [0.25, 0.3) is 0 Å². The molecule has 0 radical (unpaired) electrons. The van der Waals surface area contributed by atoms with Crippen molar-refractivity contribution >= 4 is 5.96 Å². The van der Waals surface area contributed by atoms with E-state index in [-0.39, 0.29) is 6.04 Å². The summed E-state index contributed by atoms with van der Waals surface area (Å²) in [7, 11) is 0. The van der Waals surface area contributed by atoms with E-state index in [0.717, 1.165) is 26.0 Å². The Balaban J connectivity index is 1.62. The predicted octanol–water partition coefficient (Wildman–Crippen LogP) is 3.70. The maximum absolute atomic E-state index is 12.5. The molecule has 2 N–H and O–H groups in total. The van der Waals surface area contributed by atoms with Crippen LogP contribution in [0.5, 0.6) is 0 Å². The van der Waals surface area contributed by atoms with Crippen molar-refractivity contribution in [1.82, 2.24) is 15.5 Å². The van der Waals surface area contributed by atoms with Gasteiger partial charge in [0.2, 0.25) is 0 Å². The number of hydrogen-bond donors (Lipinski definition) is 2. The van der Waals surface area contributed by atoms with Crippen LogP contribution in [0.2, 0.25) is 0 Å². The van der Waals surface area contributed by atoms with Gasteiger partial charge in [0, 0.05) is 38.8 Å². The maximum Gasteiger partial charge on any atom is 0.401 e. The Morgan fingerprint density at radius 2 is 1.86 bits per heavy atom. The van der Waals surface area contributed by atoms with Gasteiger partial charge in [0.1, 0.15) is 0 Å². The molecular weight excluding hydrogens is 369 g/mol. The van der Waals surface area contributed by atoms with Gasteiger partial charge >= 0.3 is 6.18 Å². The lowest BCUT2D eigenvalue weighted by Gasteiger charge is -2.19. The van der Waals surface area contributed by atoms with Crippen LogP contribution in [-0.4, -0.2) is 68.5 Å². The van der Waals surface area contributed by atoms with Gasteiger partial charge in [-0.15, -0.1) is 0 Å². The Morgan fingerprint density at radius 3 is 2.54 bits per heavy atom. The van der Waals surface area contributed by atoms with Crippen molar-refractivity contribution in [2.45, 2.75) is 83.0 Å². The Hall–Kier alpha value is -1.02. The minimum absolute atomic E-state index is 0.0127. The number of unbranched alkanes of at least 4 members (excludes halogenated alkanes) is 1. The van der Waals surface area contributed by atoms with Gasteiger partial charge in [-0.05, 0) is 39.0 Å². The number of likely N-dealkylation sites (tertiary alicyclic amines) is 1. The molecule has 1 atom stereocenters. The average molecular weight is 407 g/mol. The summed E-state index contributed by atoms with van der Waals surface area (Å²) in [5.74, 6) is 0.700. The average Bonchev–Trinajstić information content (AvgIpc) is 2.89. The fourth-order valence-corrected chi connectivity index (χ4v) is 3.92. The van der Waals surface area contributed by atoms with Crippen LogP contribution in [0.15, 0.2) is 4.99 Å². The molecule has 0 amide bonds. The lowest BCUT2D eigenvalue weighted by Crippen LogP contribution is -2.45. The normalized spacial score (nSPS) is 23.0. The molecule has 1 aliphatic carbocycles. The summed E-state index contributed by atoms with van der Waals surface area (Å²) in [5, 5.41) is 6.47. The van der Waals surface area contributed by atoms with Gasteiger partial charge in [-0.25, -0.2) is 0 Å². The molecule has 164 valence electrons. The number of alkyl halides is 3. The van der Waals surface area contributed by atoms with Gasteiger partial charge in [-0.1, -0.05) is 25.7 Å². The van der Waals surface area contributed by atoms with Crippen LogP contribution in [-0.2, 0) is 4.74 Å². The number of guanidine groups is 1. The molecule has 1 saturated heterocycles. The van der Waals surface area contributed by atoms with E-state index in [1.54, 1.807) is 0 Å². The zero-order valence-corrected chi connectivity index (χ0v) is 17.2. The van der Waals surface area contributed by atoms with Crippen molar-refractivity contribution in [3.8, 4) is 0 Å². The van der Waals surface area contributed by atoms with Crippen LogP contribution in [0.1, 0.15) is 64.7 Å². The van der Waals surface area contributed by atoms with E-state index in [1.165, 1.54) is 43.4 Å². The van der Waals surface area contributed by atoms with E-state index in [4.69, 9.17) is 4.74 Å². The van der Waals surface area contributed by atoms with Crippen LogP contribution in [0.3, 0.4) is 0 Å². The van der Waals surface area contributed by atoms with Crippen molar-refractivity contribution in [2.24, 2.45) is 4.99 Å². The zero-order chi connectivity index (χ0) is 20.2. The van der Waals surface area contributed by atoms with E-state index in [0.29, 0.717) is 38.1 Å². The van der Waals surface area contributed by atoms with Gasteiger partial charge in [0.15, 0.2) is 5.96 Å². The first-order chi connectivity index (χ1) is 13.5. The highest BCUT2D eigenvalue weighted by molar-refractivity contribution is 5.80. The van der Waals surface area contributed by atoms with Crippen molar-refractivity contribution in [1.29, 1.82) is 0 Å². The highest BCUT2D eigenvalue weighted by atomic mass is 19.4. The summed E-state index contributed by atoms with van der Waals surface area (Å²) in [4.78, 5) is 6.02. The van der Waals surface area contributed by atoms with Gasteiger partial charge in [-0.3, -0.25) is 9.89 Å². The molecule has 0 aromatic rings. The lowest BCUT2D eigenvalue weighted by atomic mass is 10.1. The van der Waals surface area contributed by atoms with Crippen LogP contribution in [0.25, 0.3) is 0 Å². The Bertz CT molecular complexity index is 451. The summed E-state index contributed by atoms with van der Waals surface area (Å²) in [6, 6.07) is 0.0127. The molecule has 2 fully saturated rings. The third kappa shape index (κ3) is 9.96. The van der Waals surface area contributed by atoms with Crippen LogP contribution < -0.4 is 10.6 Å². The molecule has 0 aromatic heterocycles. The van der Waals surface area contributed by atoms with Crippen LogP contribution in [0, 0.1) is 0 Å². The Labute approximate surface area is 167 Å². The monoisotopic (exact) mass is 406 g/mol. The highest BCUT2D eigenvalue weighted by Gasteiger charge is 2.34. The summed E-state index contributed by atoms with van der Waals surface area (Å²) >= 11 is 0. The van der Waals surface area contributed by atoms with E-state index in [1.807, 2.05) is 6.92 Å². The SMILES string of the molecule is CCNC(=NCCCCOC1CCCCCC1)NC1CCN(CC(F)(F)F)C1. The van der Waals surface area contributed by atoms with E-state index < -0.39 is 12.7 Å². The maximum atomic E-state index is 12.5. The number of rotatable bonds is 9. The van der Waals surface area contributed by atoms with Crippen molar-refractivity contribution < 1.29 is 17.9 Å². The second-order valence-corrected chi connectivity index (χ2v) is 7.93. The van der Waals surface area contributed by atoms with Gasteiger partial charge < -0.3 is 15.4 Å². The number of nitrogens with one attached hydrogen (secondary N) is 2. The predicted molar refractivity (Wildman–Crippen MR) is 107 cm³/mol. The number of ether oxygens (including phenoxy) is 1. The minimum Gasteiger partial charge on any atom is -0.378 e. The first-order valence-electron chi connectivity index (χ1n) is 10.9. The molecule has 0 bridgehead atoms. The van der Waals surface area contributed by atoms with Crippen molar-refractivity contribution in [3.63, 3.8) is 0 Å². The fraction of sp³-hybridized carbons (Fsp3) is 0.950. The quantitative estimate of drug-likeness (QED) is 0.265. The molecule has 2 rings (SSSR count). The molecule has 28 heavy (non-hydrogen) atoms. The van der Waals surface area contributed by atoms with Crippen molar-refractivity contribution in [2.75, 3.05) is 39.3 Å². The van der Waals surface area contributed by atoms with E-state index in [9.17, 15) is 13.2 Å². The standard InChI is InChI=1S/C20H37F3N4O/c1-2-24-19(26-17-11-13-27(15-17)16-20(21,22)23)25-12-7-8-14-28-18-9-5-3-4-6-10-18/h17-18H,2-16H2,1H3,(H2,24,25,26). The molecule has 8 heteroatoms. The zero-order valence-electron chi connectivity index (χ0n) is 17.2. The summed E-state index contributed by atoms with van der Waals surface area (Å²) in [6.07, 6.45) is 6.58. The van der Waals surface area contributed by atoms with Gasteiger partial charge in [-0.2, -0.15) is 13.2 Å². The largest absolute Gasteiger partial charge is 0.401 e. The molecule has 1 heterocycles. The molecular formula is C20H37F3N4O. The second-order valence-electron chi connectivity index (χ2n) is 7.93. The Kier molecular flexibility index (Phi) is 10.4. The van der Waals surface area contributed by atoms with Crippen LogP contribution in [0.4, 0.5) is 13.2 Å². The molecule has 0 spiro atoms.